The molecule has 1 heterocycles. The van der Waals surface area contributed by atoms with E-state index >= 15 is 0 Å². The van der Waals surface area contributed by atoms with Crippen molar-refractivity contribution in [1.29, 1.82) is 0 Å². The summed E-state index contributed by atoms with van der Waals surface area (Å²) in [7, 11) is 1.56. The van der Waals surface area contributed by atoms with Gasteiger partial charge in [0.15, 0.2) is 11.5 Å². The van der Waals surface area contributed by atoms with E-state index in [0.717, 1.165) is 11.8 Å². The van der Waals surface area contributed by atoms with Gasteiger partial charge in [-0.15, -0.1) is 0 Å². The molecular formula is C14H15FN2O2. The van der Waals surface area contributed by atoms with E-state index in [4.69, 9.17) is 15.2 Å². The van der Waals surface area contributed by atoms with Gasteiger partial charge in [-0.3, -0.25) is 4.98 Å². The molecule has 0 aliphatic rings. The molecule has 0 amide bonds. The number of nitrogens with zero attached hydrogens (tertiary/aromatic N) is 1. The molecule has 1 aromatic carbocycles. The van der Waals surface area contributed by atoms with E-state index in [1.807, 2.05) is 12.1 Å². The zero-order valence-corrected chi connectivity index (χ0v) is 10.6. The number of halogens is 1. The third kappa shape index (κ3) is 3.42. The summed E-state index contributed by atoms with van der Waals surface area (Å²) < 4.78 is 23.8. The summed E-state index contributed by atoms with van der Waals surface area (Å²) in [5.41, 5.74) is 7.17. The number of nitrogens with two attached hydrogens (primary N) is 1. The Morgan fingerprint density at radius 2 is 2.00 bits per heavy atom. The van der Waals surface area contributed by atoms with Crippen LogP contribution in [0.3, 0.4) is 0 Å². The number of hydrogen-bond acceptors (Lipinski definition) is 4. The van der Waals surface area contributed by atoms with Gasteiger partial charge in [0, 0.05) is 18.3 Å². The quantitative estimate of drug-likeness (QED) is 0.898. The van der Waals surface area contributed by atoms with Crippen molar-refractivity contribution < 1.29 is 13.9 Å². The third-order valence-electron chi connectivity index (χ3n) is 2.62. The number of benzene rings is 1. The second kappa shape index (κ2) is 6.15. The maximum atomic E-state index is 13.0. The van der Waals surface area contributed by atoms with E-state index < -0.39 is 0 Å². The normalized spacial score (nSPS) is 10.3. The fraction of sp³-hybridized carbons (Fsp3) is 0.214. The highest BCUT2D eigenvalue weighted by molar-refractivity contribution is 5.43. The van der Waals surface area contributed by atoms with Crippen LogP contribution in [0.1, 0.15) is 11.1 Å². The molecule has 0 spiro atoms. The second-order valence-corrected chi connectivity index (χ2v) is 3.99. The lowest BCUT2D eigenvalue weighted by molar-refractivity contribution is 0.283. The van der Waals surface area contributed by atoms with Crippen LogP contribution in [0.15, 0.2) is 36.7 Å². The van der Waals surface area contributed by atoms with E-state index in [1.165, 1.54) is 6.07 Å². The number of rotatable bonds is 5. The Bertz CT molecular complexity index is 561. The Labute approximate surface area is 111 Å². The van der Waals surface area contributed by atoms with E-state index in [2.05, 4.69) is 4.98 Å². The summed E-state index contributed by atoms with van der Waals surface area (Å²) in [4.78, 5) is 3.77. The topological polar surface area (TPSA) is 57.4 Å². The molecule has 0 saturated carbocycles. The molecule has 4 nitrogen and oxygen atoms in total. The van der Waals surface area contributed by atoms with Gasteiger partial charge in [-0.1, -0.05) is 6.07 Å². The van der Waals surface area contributed by atoms with Gasteiger partial charge in [0.25, 0.3) is 0 Å². The molecule has 0 unspecified atom stereocenters. The molecule has 0 bridgehead atoms. The number of methoxy groups -OCH3 is 1. The van der Waals surface area contributed by atoms with Crippen LogP contribution in [-0.2, 0) is 13.2 Å². The lowest BCUT2D eigenvalue weighted by Gasteiger charge is -2.11. The first-order valence-corrected chi connectivity index (χ1v) is 5.82. The second-order valence-electron chi connectivity index (χ2n) is 3.99. The van der Waals surface area contributed by atoms with Crippen LogP contribution in [0.25, 0.3) is 0 Å². The highest BCUT2D eigenvalue weighted by atomic mass is 19.1. The van der Waals surface area contributed by atoms with E-state index in [0.29, 0.717) is 23.6 Å². The minimum absolute atomic E-state index is 0.217. The van der Waals surface area contributed by atoms with Crippen LogP contribution < -0.4 is 15.2 Å². The zero-order chi connectivity index (χ0) is 13.7. The molecule has 0 aliphatic carbocycles. The molecule has 0 atom stereocenters. The van der Waals surface area contributed by atoms with E-state index in [9.17, 15) is 4.39 Å². The number of ether oxygens (including phenoxy) is 2. The van der Waals surface area contributed by atoms with E-state index in [1.54, 1.807) is 19.4 Å². The largest absolute Gasteiger partial charge is 0.493 e. The lowest BCUT2D eigenvalue weighted by Crippen LogP contribution is -2.01. The van der Waals surface area contributed by atoms with Crippen LogP contribution in [0.4, 0.5) is 4.39 Å². The first-order valence-electron chi connectivity index (χ1n) is 5.82. The highest BCUT2D eigenvalue weighted by Gasteiger charge is 2.06. The summed E-state index contributed by atoms with van der Waals surface area (Å²) in [6.45, 7) is 0.636. The minimum Gasteiger partial charge on any atom is -0.493 e. The van der Waals surface area contributed by atoms with Crippen molar-refractivity contribution in [3.8, 4) is 11.5 Å². The summed E-state index contributed by atoms with van der Waals surface area (Å²) in [5.74, 6) is 0.806. The molecule has 0 aliphatic heterocycles. The van der Waals surface area contributed by atoms with Crippen molar-refractivity contribution in [2.75, 3.05) is 7.11 Å². The first kappa shape index (κ1) is 13.3. The van der Waals surface area contributed by atoms with Crippen LogP contribution in [0.5, 0.6) is 11.5 Å². The Morgan fingerprint density at radius 1 is 1.16 bits per heavy atom. The summed E-state index contributed by atoms with van der Waals surface area (Å²) in [5, 5.41) is 0. The fourth-order valence-electron chi connectivity index (χ4n) is 1.66. The molecule has 2 aromatic rings. The summed E-state index contributed by atoms with van der Waals surface area (Å²) in [6.07, 6.45) is 2.71. The van der Waals surface area contributed by atoms with Crippen molar-refractivity contribution in [2.24, 2.45) is 5.73 Å². The van der Waals surface area contributed by atoms with Crippen LogP contribution in [-0.4, -0.2) is 12.1 Å². The highest BCUT2D eigenvalue weighted by Crippen LogP contribution is 2.28. The van der Waals surface area contributed by atoms with Crippen molar-refractivity contribution >= 4 is 0 Å². The Morgan fingerprint density at radius 3 is 2.68 bits per heavy atom. The van der Waals surface area contributed by atoms with Gasteiger partial charge >= 0.3 is 0 Å². The molecular weight excluding hydrogens is 247 g/mol. The molecule has 19 heavy (non-hydrogen) atoms. The molecule has 1 aromatic heterocycles. The number of pyridine rings is 1. The van der Waals surface area contributed by atoms with Gasteiger partial charge in [0.05, 0.1) is 13.3 Å². The standard InChI is InChI=1S/C14H15FN2O2/c1-18-13-3-2-10(6-16)5-14(13)19-9-11-4-12(15)8-17-7-11/h2-5,7-8H,6,9,16H2,1H3. The van der Waals surface area contributed by atoms with Crippen LogP contribution in [0.2, 0.25) is 0 Å². The number of hydrogen-bond donors (Lipinski definition) is 1. The van der Waals surface area contributed by atoms with Gasteiger partial charge < -0.3 is 15.2 Å². The van der Waals surface area contributed by atoms with Gasteiger partial charge in [0.2, 0.25) is 0 Å². The third-order valence-corrected chi connectivity index (χ3v) is 2.62. The van der Waals surface area contributed by atoms with Gasteiger partial charge in [-0.05, 0) is 23.8 Å². The molecule has 100 valence electrons. The predicted molar refractivity (Wildman–Crippen MR) is 69.4 cm³/mol. The maximum absolute atomic E-state index is 13.0. The lowest BCUT2D eigenvalue weighted by atomic mass is 10.2. The zero-order valence-electron chi connectivity index (χ0n) is 10.6. The van der Waals surface area contributed by atoms with Gasteiger partial charge in [-0.25, -0.2) is 4.39 Å². The Kier molecular flexibility index (Phi) is 4.30. The summed E-state index contributed by atoms with van der Waals surface area (Å²) >= 11 is 0. The predicted octanol–water partition coefficient (Wildman–Crippen LogP) is 2.27. The first-order chi connectivity index (χ1) is 9.22. The van der Waals surface area contributed by atoms with Crippen molar-refractivity contribution in [3.63, 3.8) is 0 Å². The number of aromatic nitrogens is 1. The van der Waals surface area contributed by atoms with Crippen LogP contribution >= 0.6 is 0 Å². The maximum Gasteiger partial charge on any atom is 0.161 e. The molecule has 0 fully saturated rings. The van der Waals surface area contributed by atoms with Gasteiger partial charge in [-0.2, -0.15) is 0 Å². The van der Waals surface area contributed by atoms with Crippen molar-refractivity contribution in [3.05, 3.63) is 53.6 Å². The van der Waals surface area contributed by atoms with Crippen molar-refractivity contribution in [2.45, 2.75) is 13.2 Å². The Balaban J connectivity index is 2.14. The van der Waals surface area contributed by atoms with Crippen LogP contribution in [0, 0.1) is 5.82 Å². The molecule has 0 saturated heterocycles. The van der Waals surface area contributed by atoms with Gasteiger partial charge in [0.1, 0.15) is 12.4 Å². The monoisotopic (exact) mass is 262 g/mol. The summed E-state index contributed by atoms with van der Waals surface area (Å²) in [6, 6.07) is 6.86. The molecule has 2 rings (SSSR count). The average Bonchev–Trinajstić information content (AvgIpc) is 2.45. The Hall–Kier alpha value is -2.14. The minimum atomic E-state index is -0.385. The fourth-order valence-corrected chi connectivity index (χ4v) is 1.66. The van der Waals surface area contributed by atoms with Crippen molar-refractivity contribution in [1.82, 2.24) is 4.98 Å². The molecule has 2 N–H and O–H groups in total. The average molecular weight is 262 g/mol. The SMILES string of the molecule is COc1ccc(CN)cc1OCc1cncc(F)c1. The smallest absolute Gasteiger partial charge is 0.161 e. The molecule has 5 heteroatoms. The van der Waals surface area contributed by atoms with E-state index in [-0.39, 0.29) is 12.4 Å². The molecule has 0 radical (unpaired) electrons.